The van der Waals surface area contributed by atoms with Crippen LogP contribution < -0.4 is 5.32 Å². The zero-order chi connectivity index (χ0) is 20.4. The number of anilines is 1. The number of thioether (sulfide) groups is 1. The molecule has 1 atom stereocenters. The summed E-state index contributed by atoms with van der Waals surface area (Å²) >= 11 is 9.78. The van der Waals surface area contributed by atoms with Gasteiger partial charge in [0.05, 0.1) is 4.91 Å². The van der Waals surface area contributed by atoms with Crippen molar-refractivity contribution in [2.24, 2.45) is 0 Å². The lowest BCUT2D eigenvalue weighted by atomic mass is 10.1. The Bertz CT molecular complexity index is 1010. The molecule has 8 heteroatoms. The topological polar surface area (TPSA) is 69.6 Å². The number of nitrogens with one attached hydrogen (secondary N) is 1. The number of thiocarbonyl (C=S) groups is 1. The minimum atomic E-state index is -0.769. The first-order valence-electron chi connectivity index (χ1n) is 8.40. The van der Waals surface area contributed by atoms with Gasteiger partial charge in [0.2, 0.25) is 5.91 Å². The van der Waals surface area contributed by atoms with Crippen molar-refractivity contribution >= 4 is 67.8 Å². The van der Waals surface area contributed by atoms with Gasteiger partial charge < -0.3 is 10.4 Å². The first-order valence-corrected chi connectivity index (χ1v) is 10.4. The molecule has 3 rings (SSSR count). The number of benzene rings is 2. The average molecular weight is 477 g/mol. The quantitative estimate of drug-likeness (QED) is 0.494. The smallest absolute Gasteiger partial charge is 0.266 e. The van der Waals surface area contributed by atoms with E-state index < -0.39 is 6.04 Å². The lowest BCUT2D eigenvalue weighted by Crippen LogP contribution is -2.44. The van der Waals surface area contributed by atoms with Crippen LogP contribution in [0, 0.1) is 6.92 Å². The van der Waals surface area contributed by atoms with E-state index in [2.05, 4.69) is 21.2 Å². The average Bonchev–Trinajstić information content (AvgIpc) is 2.93. The summed E-state index contributed by atoms with van der Waals surface area (Å²) in [5.74, 6) is -0.627. The Morgan fingerprint density at radius 2 is 2.04 bits per heavy atom. The molecule has 1 aliphatic heterocycles. The molecule has 144 valence electrons. The Kier molecular flexibility index (Phi) is 6.22. The molecule has 0 aliphatic carbocycles. The van der Waals surface area contributed by atoms with Crippen LogP contribution in [0.15, 0.2) is 51.8 Å². The lowest BCUT2D eigenvalue weighted by molar-refractivity contribution is -0.129. The molecule has 0 spiro atoms. The number of amides is 2. The van der Waals surface area contributed by atoms with Gasteiger partial charge in [-0.15, -0.1) is 0 Å². The number of aryl methyl sites for hydroxylation is 1. The molecule has 1 unspecified atom stereocenters. The molecular formula is C20H17BrN2O3S2. The van der Waals surface area contributed by atoms with E-state index in [0.29, 0.717) is 20.5 Å². The van der Waals surface area contributed by atoms with Crippen molar-refractivity contribution in [2.75, 3.05) is 5.32 Å². The van der Waals surface area contributed by atoms with Crippen molar-refractivity contribution in [3.8, 4) is 5.75 Å². The van der Waals surface area contributed by atoms with Crippen LogP contribution in [0.4, 0.5) is 5.69 Å². The van der Waals surface area contributed by atoms with Gasteiger partial charge in [0.15, 0.2) is 0 Å². The Labute approximate surface area is 180 Å². The fourth-order valence-corrected chi connectivity index (χ4v) is 4.45. The van der Waals surface area contributed by atoms with E-state index >= 15 is 0 Å². The van der Waals surface area contributed by atoms with Gasteiger partial charge in [-0.3, -0.25) is 14.5 Å². The van der Waals surface area contributed by atoms with Crippen molar-refractivity contribution in [3.63, 3.8) is 0 Å². The molecule has 1 heterocycles. The maximum Gasteiger partial charge on any atom is 0.266 e. The van der Waals surface area contributed by atoms with E-state index in [-0.39, 0.29) is 17.6 Å². The van der Waals surface area contributed by atoms with Gasteiger partial charge in [0.1, 0.15) is 16.1 Å². The molecule has 5 nitrogen and oxygen atoms in total. The van der Waals surface area contributed by atoms with E-state index in [9.17, 15) is 14.7 Å². The molecule has 0 bridgehead atoms. The first kappa shape index (κ1) is 20.6. The molecule has 28 heavy (non-hydrogen) atoms. The summed E-state index contributed by atoms with van der Waals surface area (Å²) in [6.45, 7) is 3.53. The number of halogens is 1. The molecular weight excluding hydrogens is 460 g/mol. The highest BCUT2D eigenvalue weighted by molar-refractivity contribution is 9.10. The van der Waals surface area contributed by atoms with Gasteiger partial charge in [-0.1, -0.05) is 58.1 Å². The largest absolute Gasteiger partial charge is 0.507 e. The van der Waals surface area contributed by atoms with E-state index in [0.717, 1.165) is 21.8 Å². The van der Waals surface area contributed by atoms with Crippen LogP contribution in [0.1, 0.15) is 18.1 Å². The van der Waals surface area contributed by atoms with Gasteiger partial charge in [0.25, 0.3) is 5.91 Å². The van der Waals surface area contributed by atoms with E-state index in [4.69, 9.17) is 12.2 Å². The zero-order valence-corrected chi connectivity index (χ0v) is 18.3. The second-order valence-corrected chi connectivity index (χ2v) is 8.83. The third-order valence-electron chi connectivity index (χ3n) is 4.27. The normalized spacial score (nSPS) is 16.5. The maximum absolute atomic E-state index is 12.9. The molecule has 1 saturated heterocycles. The van der Waals surface area contributed by atoms with Crippen LogP contribution in [0.3, 0.4) is 0 Å². The molecule has 1 fully saturated rings. The van der Waals surface area contributed by atoms with Crippen molar-refractivity contribution in [1.29, 1.82) is 0 Å². The number of rotatable bonds is 4. The van der Waals surface area contributed by atoms with Crippen molar-refractivity contribution in [2.45, 2.75) is 19.9 Å². The standard InChI is InChI=1S/C20H17BrN2O3S2/c1-11-5-3-4-6-15(11)22-18(25)12(2)23-19(26)17(28-20(23)27)10-13-9-14(21)7-8-16(13)24/h3-10,12,24H,1-2H3,(H,22,25)/b17-10-. The Morgan fingerprint density at radius 1 is 1.32 bits per heavy atom. The van der Waals surface area contributed by atoms with Gasteiger partial charge >= 0.3 is 0 Å². The second-order valence-electron chi connectivity index (χ2n) is 6.23. The van der Waals surface area contributed by atoms with Crippen LogP contribution in [0.5, 0.6) is 5.75 Å². The fraction of sp³-hybridized carbons (Fsp3) is 0.150. The molecule has 0 aromatic heterocycles. The van der Waals surface area contributed by atoms with Gasteiger partial charge in [-0.05, 0) is 49.8 Å². The van der Waals surface area contributed by atoms with Crippen LogP contribution in [-0.2, 0) is 9.59 Å². The number of hydrogen-bond donors (Lipinski definition) is 2. The van der Waals surface area contributed by atoms with Crippen LogP contribution in [-0.4, -0.2) is 32.2 Å². The van der Waals surface area contributed by atoms with Crippen molar-refractivity contribution in [3.05, 3.63) is 63.0 Å². The van der Waals surface area contributed by atoms with E-state index in [1.807, 2.05) is 25.1 Å². The maximum atomic E-state index is 12.9. The van der Waals surface area contributed by atoms with Crippen molar-refractivity contribution < 1.29 is 14.7 Å². The molecule has 0 saturated carbocycles. The third kappa shape index (κ3) is 4.29. The summed E-state index contributed by atoms with van der Waals surface area (Å²) in [7, 11) is 0. The second kappa shape index (κ2) is 8.46. The summed E-state index contributed by atoms with van der Waals surface area (Å²) in [5, 5.41) is 12.8. The number of phenols is 1. The molecule has 1 aliphatic rings. The number of carbonyl (C=O) groups excluding carboxylic acids is 2. The number of hydrogen-bond acceptors (Lipinski definition) is 5. The highest BCUT2D eigenvalue weighted by Gasteiger charge is 2.38. The number of phenolic OH excluding ortho intramolecular Hbond substituents is 1. The number of nitrogens with zero attached hydrogens (tertiary/aromatic N) is 1. The van der Waals surface area contributed by atoms with Gasteiger partial charge in [-0.25, -0.2) is 0 Å². The number of carbonyl (C=O) groups is 2. The Balaban J connectivity index is 1.81. The van der Waals surface area contributed by atoms with Crippen molar-refractivity contribution in [1.82, 2.24) is 4.90 Å². The molecule has 2 amide bonds. The molecule has 0 radical (unpaired) electrons. The number of para-hydroxylation sites is 1. The predicted molar refractivity (Wildman–Crippen MR) is 120 cm³/mol. The summed E-state index contributed by atoms with van der Waals surface area (Å²) in [5.41, 5.74) is 2.12. The predicted octanol–water partition coefficient (Wildman–Crippen LogP) is 4.69. The number of aromatic hydroxyl groups is 1. The molecule has 2 N–H and O–H groups in total. The summed E-state index contributed by atoms with van der Waals surface area (Å²) < 4.78 is 1.08. The molecule has 2 aromatic rings. The monoisotopic (exact) mass is 476 g/mol. The highest BCUT2D eigenvalue weighted by atomic mass is 79.9. The van der Waals surface area contributed by atoms with Crippen LogP contribution >= 0.6 is 39.9 Å². The van der Waals surface area contributed by atoms with E-state index in [1.165, 1.54) is 11.0 Å². The van der Waals surface area contributed by atoms with Gasteiger partial charge in [0, 0.05) is 15.7 Å². The lowest BCUT2D eigenvalue weighted by Gasteiger charge is -2.22. The Hall–Kier alpha value is -2.16. The van der Waals surface area contributed by atoms with Crippen LogP contribution in [0.25, 0.3) is 6.08 Å². The fourth-order valence-electron chi connectivity index (χ4n) is 2.66. The Morgan fingerprint density at radius 3 is 2.75 bits per heavy atom. The zero-order valence-electron chi connectivity index (χ0n) is 15.1. The van der Waals surface area contributed by atoms with E-state index in [1.54, 1.807) is 31.2 Å². The third-order valence-corrected chi connectivity index (χ3v) is 6.09. The first-order chi connectivity index (χ1) is 13.3. The minimum Gasteiger partial charge on any atom is -0.507 e. The van der Waals surface area contributed by atoms with Crippen LogP contribution in [0.2, 0.25) is 0 Å². The summed E-state index contributed by atoms with van der Waals surface area (Å²) in [6, 6.07) is 11.6. The summed E-state index contributed by atoms with van der Waals surface area (Å²) in [6.07, 6.45) is 1.57. The molecule has 2 aromatic carbocycles. The SMILES string of the molecule is Cc1ccccc1NC(=O)C(C)N1C(=O)/C(=C/c2cc(Br)ccc2O)SC1=S. The highest BCUT2D eigenvalue weighted by Crippen LogP contribution is 2.36. The van der Waals surface area contributed by atoms with Gasteiger partial charge in [-0.2, -0.15) is 0 Å². The summed E-state index contributed by atoms with van der Waals surface area (Å²) in [4.78, 5) is 27.2. The minimum absolute atomic E-state index is 0.0545.